The Morgan fingerprint density at radius 3 is 2.59 bits per heavy atom. The number of nitrogens with zero attached hydrogens (tertiary/aromatic N) is 3. The van der Waals surface area contributed by atoms with Gasteiger partial charge in [-0.2, -0.15) is 0 Å². The smallest absolute Gasteiger partial charge is 0.223 e. The van der Waals surface area contributed by atoms with Gasteiger partial charge in [-0.3, -0.25) is 9.79 Å². The highest BCUT2D eigenvalue weighted by atomic mass is 16.2. The zero-order chi connectivity index (χ0) is 19.9. The summed E-state index contributed by atoms with van der Waals surface area (Å²) in [5, 5.41) is 6.76. The van der Waals surface area contributed by atoms with Gasteiger partial charge in [0.05, 0.1) is 0 Å². The maximum absolute atomic E-state index is 12.3. The lowest BCUT2D eigenvalue weighted by Gasteiger charge is -2.33. The predicted octanol–water partition coefficient (Wildman–Crippen LogP) is 1.58. The number of amides is 1. The Balaban J connectivity index is 1.75. The molecule has 6 heteroatoms. The van der Waals surface area contributed by atoms with Gasteiger partial charge < -0.3 is 20.4 Å². The second-order valence-corrected chi connectivity index (χ2v) is 8.16. The van der Waals surface area contributed by atoms with Crippen LogP contribution in [0.1, 0.15) is 25.8 Å². The van der Waals surface area contributed by atoms with Crippen LogP contribution < -0.4 is 10.6 Å². The van der Waals surface area contributed by atoms with Gasteiger partial charge in [0, 0.05) is 51.1 Å². The number of rotatable bonds is 8. The maximum Gasteiger partial charge on any atom is 0.223 e. The van der Waals surface area contributed by atoms with Gasteiger partial charge in [-0.15, -0.1) is 0 Å². The van der Waals surface area contributed by atoms with Crippen molar-refractivity contribution < 1.29 is 4.79 Å². The Bertz CT molecular complexity index is 627. The number of likely N-dealkylation sites (tertiary alicyclic amines) is 1. The highest BCUT2D eigenvalue weighted by Gasteiger charge is 2.29. The van der Waals surface area contributed by atoms with E-state index in [9.17, 15) is 4.79 Å². The van der Waals surface area contributed by atoms with E-state index in [-0.39, 0.29) is 11.4 Å². The van der Waals surface area contributed by atoms with Crippen LogP contribution in [0.3, 0.4) is 0 Å². The molecule has 1 heterocycles. The fourth-order valence-corrected chi connectivity index (χ4v) is 3.04. The van der Waals surface area contributed by atoms with Gasteiger partial charge in [0.2, 0.25) is 5.91 Å². The molecular weight excluding hydrogens is 338 g/mol. The molecule has 0 saturated carbocycles. The first kappa shape index (κ1) is 21.2. The minimum atomic E-state index is 0.0369. The molecular formula is C21H35N5O. The average Bonchev–Trinajstić information content (AvgIpc) is 3.00. The molecule has 0 aliphatic carbocycles. The molecule has 1 aliphatic heterocycles. The summed E-state index contributed by atoms with van der Waals surface area (Å²) in [4.78, 5) is 20.8. The van der Waals surface area contributed by atoms with Gasteiger partial charge in [-0.25, -0.2) is 0 Å². The standard InChI is InChI=1S/C21H35N5O/c1-21(2,25(4)5)16-24-20(22-3)23-14-18-13-19(27)26(15-18)12-11-17-9-7-6-8-10-17/h6-10,18H,11-16H2,1-5H3,(H2,22,23,24). The van der Waals surface area contributed by atoms with Crippen LogP contribution in [-0.2, 0) is 11.2 Å². The van der Waals surface area contributed by atoms with Gasteiger partial charge in [0.1, 0.15) is 0 Å². The van der Waals surface area contributed by atoms with Gasteiger partial charge in [-0.1, -0.05) is 30.3 Å². The summed E-state index contributed by atoms with van der Waals surface area (Å²) in [5.41, 5.74) is 1.31. The van der Waals surface area contributed by atoms with E-state index >= 15 is 0 Å². The van der Waals surface area contributed by atoms with Crippen molar-refractivity contribution in [2.24, 2.45) is 10.9 Å². The molecule has 2 N–H and O–H groups in total. The topological polar surface area (TPSA) is 60.0 Å². The van der Waals surface area contributed by atoms with Crippen molar-refractivity contribution in [1.82, 2.24) is 20.4 Å². The Kier molecular flexibility index (Phi) is 7.66. The number of guanidine groups is 1. The van der Waals surface area contributed by atoms with Crippen LogP contribution >= 0.6 is 0 Å². The number of likely N-dealkylation sites (N-methyl/N-ethyl adjacent to an activating group) is 1. The third-order valence-corrected chi connectivity index (χ3v) is 5.49. The first-order valence-corrected chi connectivity index (χ1v) is 9.75. The molecule has 1 aliphatic rings. The van der Waals surface area contributed by atoms with Crippen LogP contribution in [0.4, 0.5) is 0 Å². The number of benzene rings is 1. The van der Waals surface area contributed by atoms with Gasteiger partial charge in [-0.05, 0) is 39.9 Å². The molecule has 1 aromatic carbocycles. The van der Waals surface area contributed by atoms with Gasteiger partial charge >= 0.3 is 0 Å². The van der Waals surface area contributed by atoms with E-state index in [1.54, 1.807) is 7.05 Å². The molecule has 1 aromatic rings. The summed E-state index contributed by atoms with van der Waals surface area (Å²) in [5.74, 6) is 1.38. The van der Waals surface area contributed by atoms with Gasteiger partial charge in [0.25, 0.3) is 0 Å². The van der Waals surface area contributed by atoms with E-state index in [0.717, 1.165) is 38.6 Å². The Labute approximate surface area is 164 Å². The molecule has 0 radical (unpaired) electrons. The second kappa shape index (κ2) is 9.74. The Morgan fingerprint density at radius 2 is 1.96 bits per heavy atom. The molecule has 150 valence electrons. The number of carbonyl (C=O) groups excluding carboxylic acids is 1. The lowest BCUT2D eigenvalue weighted by atomic mass is 10.0. The zero-order valence-corrected chi connectivity index (χ0v) is 17.5. The van der Waals surface area contributed by atoms with Crippen LogP contribution in [0.25, 0.3) is 0 Å². The SMILES string of the molecule is CN=C(NCC1CC(=O)N(CCc2ccccc2)C1)NCC(C)(C)N(C)C. The van der Waals surface area contributed by atoms with Crippen molar-refractivity contribution >= 4 is 11.9 Å². The van der Waals surface area contributed by atoms with Crippen LogP contribution in [0.15, 0.2) is 35.3 Å². The van der Waals surface area contributed by atoms with Crippen molar-refractivity contribution in [2.75, 3.05) is 47.3 Å². The number of nitrogens with one attached hydrogen (secondary N) is 2. The molecule has 1 fully saturated rings. The number of hydrogen-bond acceptors (Lipinski definition) is 3. The highest BCUT2D eigenvalue weighted by molar-refractivity contribution is 5.81. The van der Waals surface area contributed by atoms with Crippen molar-refractivity contribution in [3.05, 3.63) is 35.9 Å². The highest BCUT2D eigenvalue weighted by Crippen LogP contribution is 2.17. The van der Waals surface area contributed by atoms with E-state index in [1.165, 1.54) is 5.56 Å². The van der Waals surface area contributed by atoms with Crippen molar-refractivity contribution in [3.8, 4) is 0 Å². The van der Waals surface area contributed by atoms with E-state index in [0.29, 0.717) is 12.3 Å². The van der Waals surface area contributed by atoms with Crippen molar-refractivity contribution in [3.63, 3.8) is 0 Å². The first-order valence-electron chi connectivity index (χ1n) is 9.75. The molecule has 2 rings (SSSR count). The molecule has 0 spiro atoms. The third-order valence-electron chi connectivity index (χ3n) is 5.49. The zero-order valence-electron chi connectivity index (χ0n) is 17.5. The normalized spacial score (nSPS) is 18.3. The first-order chi connectivity index (χ1) is 12.8. The van der Waals surface area contributed by atoms with E-state index in [1.807, 2.05) is 23.1 Å². The van der Waals surface area contributed by atoms with E-state index in [2.05, 4.69) is 60.6 Å². The van der Waals surface area contributed by atoms with E-state index < -0.39 is 0 Å². The minimum Gasteiger partial charge on any atom is -0.356 e. The van der Waals surface area contributed by atoms with Crippen LogP contribution in [0.5, 0.6) is 0 Å². The lowest BCUT2D eigenvalue weighted by Crippen LogP contribution is -2.51. The Hall–Kier alpha value is -2.08. The molecule has 6 nitrogen and oxygen atoms in total. The molecule has 1 unspecified atom stereocenters. The fourth-order valence-electron chi connectivity index (χ4n) is 3.04. The second-order valence-electron chi connectivity index (χ2n) is 8.16. The number of carbonyl (C=O) groups is 1. The summed E-state index contributed by atoms with van der Waals surface area (Å²) < 4.78 is 0. The van der Waals surface area contributed by atoms with Crippen LogP contribution in [-0.4, -0.2) is 74.5 Å². The van der Waals surface area contributed by atoms with Crippen LogP contribution in [0, 0.1) is 5.92 Å². The average molecular weight is 374 g/mol. The summed E-state index contributed by atoms with van der Waals surface area (Å²) in [6, 6.07) is 10.3. The van der Waals surface area contributed by atoms with E-state index in [4.69, 9.17) is 0 Å². The fraction of sp³-hybridized carbons (Fsp3) is 0.619. The molecule has 0 bridgehead atoms. The predicted molar refractivity (Wildman–Crippen MR) is 112 cm³/mol. The molecule has 27 heavy (non-hydrogen) atoms. The monoisotopic (exact) mass is 373 g/mol. The summed E-state index contributed by atoms with van der Waals surface area (Å²) >= 11 is 0. The number of aliphatic imine (C=N–C) groups is 1. The van der Waals surface area contributed by atoms with Crippen molar-refractivity contribution in [2.45, 2.75) is 32.2 Å². The van der Waals surface area contributed by atoms with Crippen molar-refractivity contribution in [1.29, 1.82) is 0 Å². The summed E-state index contributed by atoms with van der Waals surface area (Å²) in [6.07, 6.45) is 1.53. The quantitative estimate of drug-likeness (QED) is 0.537. The third kappa shape index (κ3) is 6.54. The molecule has 1 amide bonds. The Morgan fingerprint density at radius 1 is 1.26 bits per heavy atom. The molecule has 1 saturated heterocycles. The number of hydrogen-bond donors (Lipinski definition) is 2. The minimum absolute atomic E-state index is 0.0369. The molecule has 0 aromatic heterocycles. The van der Waals surface area contributed by atoms with Gasteiger partial charge in [0.15, 0.2) is 5.96 Å². The molecule has 1 atom stereocenters. The van der Waals surface area contributed by atoms with Crippen LogP contribution in [0.2, 0.25) is 0 Å². The largest absolute Gasteiger partial charge is 0.356 e. The lowest BCUT2D eigenvalue weighted by molar-refractivity contribution is -0.127. The maximum atomic E-state index is 12.3. The summed E-state index contributed by atoms with van der Waals surface area (Å²) in [6.45, 7) is 7.55. The summed E-state index contributed by atoms with van der Waals surface area (Å²) in [7, 11) is 5.93.